The normalized spacial score (nSPS) is 15.7. The minimum atomic E-state index is 0.254. The second-order valence-corrected chi connectivity index (χ2v) is 7.10. The molecule has 28 heavy (non-hydrogen) atoms. The summed E-state index contributed by atoms with van der Waals surface area (Å²) in [5.74, 6) is 1.56. The van der Waals surface area contributed by atoms with Gasteiger partial charge in [0.15, 0.2) is 5.75 Å². The highest BCUT2D eigenvalue weighted by atomic mass is 16.5. The monoisotopic (exact) mass is 388 g/mol. The van der Waals surface area contributed by atoms with E-state index in [9.17, 15) is 0 Å². The van der Waals surface area contributed by atoms with E-state index in [0.29, 0.717) is 0 Å². The van der Waals surface area contributed by atoms with Crippen LogP contribution in [-0.4, -0.2) is 86.5 Å². The number of pyridine rings is 1. The third-order valence-electron chi connectivity index (χ3n) is 5.33. The Morgan fingerprint density at radius 2 is 1.82 bits per heavy atom. The summed E-state index contributed by atoms with van der Waals surface area (Å²) >= 11 is 0. The van der Waals surface area contributed by atoms with E-state index in [2.05, 4.69) is 20.1 Å². The molecule has 0 aliphatic carbocycles. The highest BCUT2D eigenvalue weighted by molar-refractivity contribution is 5.95. The van der Waals surface area contributed by atoms with Crippen molar-refractivity contribution in [3.05, 3.63) is 24.4 Å². The van der Waals surface area contributed by atoms with Crippen LogP contribution in [0.25, 0.3) is 10.9 Å². The number of unbranched alkanes of at least 4 members (excludes halogenated alkanes) is 1. The molecule has 154 valence electrons. The van der Waals surface area contributed by atoms with Crippen LogP contribution in [0.5, 0.6) is 11.5 Å². The molecule has 0 amide bonds. The Morgan fingerprint density at radius 1 is 1.07 bits per heavy atom. The van der Waals surface area contributed by atoms with Crippen LogP contribution in [0.3, 0.4) is 0 Å². The van der Waals surface area contributed by atoms with Crippen molar-refractivity contribution in [1.82, 2.24) is 14.8 Å². The van der Waals surface area contributed by atoms with Gasteiger partial charge in [-0.3, -0.25) is 9.88 Å². The fourth-order valence-electron chi connectivity index (χ4n) is 3.76. The maximum absolute atomic E-state index is 9.02. The Hall–Kier alpha value is -2.09. The number of β-amino-alcohol motifs (C(OH)–C–C–N with tert-alkyl or cyclic N) is 1. The van der Waals surface area contributed by atoms with Crippen LogP contribution in [-0.2, 0) is 0 Å². The first-order valence-electron chi connectivity index (χ1n) is 10.1. The van der Waals surface area contributed by atoms with Crippen molar-refractivity contribution in [2.75, 3.05) is 72.0 Å². The summed E-state index contributed by atoms with van der Waals surface area (Å²) in [6.07, 6.45) is 4.01. The van der Waals surface area contributed by atoms with E-state index < -0.39 is 0 Å². The number of nitrogens with zero attached hydrogens (tertiary/aromatic N) is 3. The minimum absolute atomic E-state index is 0.254. The fraction of sp³-hybridized carbons (Fsp3) is 0.571. The number of benzene rings is 1. The van der Waals surface area contributed by atoms with Crippen LogP contribution < -0.4 is 14.8 Å². The molecule has 7 nitrogen and oxygen atoms in total. The molecule has 0 atom stereocenters. The van der Waals surface area contributed by atoms with E-state index in [-0.39, 0.29) is 6.61 Å². The van der Waals surface area contributed by atoms with Crippen molar-refractivity contribution in [1.29, 1.82) is 0 Å². The highest BCUT2D eigenvalue weighted by Crippen LogP contribution is 2.38. The van der Waals surface area contributed by atoms with Crippen LogP contribution in [0, 0.1) is 0 Å². The average Bonchev–Trinajstić information content (AvgIpc) is 2.74. The van der Waals surface area contributed by atoms with Gasteiger partial charge in [0.25, 0.3) is 0 Å². The Balaban J connectivity index is 1.49. The van der Waals surface area contributed by atoms with E-state index in [1.54, 1.807) is 20.4 Å². The predicted octanol–water partition coefficient (Wildman–Crippen LogP) is 2.05. The number of fused-ring (bicyclic) bond motifs is 1. The van der Waals surface area contributed by atoms with E-state index in [1.165, 1.54) is 0 Å². The zero-order chi connectivity index (χ0) is 19.8. The second-order valence-electron chi connectivity index (χ2n) is 7.10. The first-order valence-corrected chi connectivity index (χ1v) is 10.1. The van der Waals surface area contributed by atoms with Crippen molar-refractivity contribution < 1.29 is 14.6 Å². The molecule has 2 N–H and O–H groups in total. The number of hydrogen-bond acceptors (Lipinski definition) is 7. The second kappa shape index (κ2) is 10.5. The number of rotatable bonds is 10. The third kappa shape index (κ3) is 5.04. The SMILES string of the molecule is COc1cc(NCCCCN2CCN(CCO)CC2)c(OC)c2ncccc12. The highest BCUT2D eigenvalue weighted by Gasteiger charge is 2.16. The molecule has 0 bridgehead atoms. The van der Waals surface area contributed by atoms with Gasteiger partial charge in [-0.2, -0.15) is 0 Å². The van der Waals surface area contributed by atoms with Crippen molar-refractivity contribution in [2.45, 2.75) is 12.8 Å². The van der Waals surface area contributed by atoms with Crippen LogP contribution in [0.15, 0.2) is 24.4 Å². The number of aliphatic hydroxyl groups excluding tert-OH is 1. The molecule has 1 saturated heterocycles. The van der Waals surface area contributed by atoms with Gasteiger partial charge in [-0.1, -0.05) is 0 Å². The number of hydrogen-bond donors (Lipinski definition) is 2. The van der Waals surface area contributed by atoms with Crippen molar-refractivity contribution in [3.8, 4) is 11.5 Å². The molecule has 1 aromatic carbocycles. The minimum Gasteiger partial charge on any atom is -0.496 e. The molecule has 1 fully saturated rings. The molecular weight excluding hydrogens is 356 g/mol. The van der Waals surface area contributed by atoms with Gasteiger partial charge in [-0.25, -0.2) is 0 Å². The van der Waals surface area contributed by atoms with Gasteiger partial charge in [-0.15, -0.1) is 0 Å². The van der Waals surface area contributed by atoms with Crippen molar-refractivity contribution >= 4 is 16.6 Å². The summed E-state index contributed by atoms with van der Waals surface area (Å²) in [5, 5.41) is 13.5. The summed E-state index contributed by atoms with van der Waals surface area (Å²) in [6.45, 7) is 7.34. The van der Waals surface area contributed by atoms with E-state index >= 15 is 0 Å². The molecule has 0 radical (unpaired) electrons. The Labute approximate surface area is 167 Å². The van der Waals surface area contributed by atoms with Gasteiger partial charge in [0, 0.05) is 56.9 Å². The number of aliphatic hydroxyl groups is 1. The molecule has 7 heteroatoms. The van der Waals surface area contributed by atoms with Gasteiger partial charge in [0.05, 0.1) is 26.5 Å². The summed E-state index contributed by atoms with van der Waals surface area (Å²) in [5.41, 5.74) is 1.73. The molecular formula is C21H32N4O3. The smallest absolute Gasteiger partial charge is 0.168 e. The molecule has 1 aromatic heterocycles. The molecule has 0 unspecified atom stereocenters. The van der Waals surface area contributed by atoms with Gasteiger partial charge in [0.1, 0.15) is 11.3 Å². The number of methoxy groups -OCH3 is 2. The van der Waals surface area contributed by atoms with E-state index in [1.807, 2.05) is 18.2 Å². The maximum atomic E-state index is 9.02. The third-order valence-corrected chi connectivity index (χ3v) is 5.33. The number of ether oxygens (including phenoxy) is 2. The van der Waals surface area contributed by atoms with Gasteiger partial charge in [0.2, 0.25) is 0 Å². The summed E-state index contributed by atoms with van der Waals surface area (Å²) in [7, 11) is 3.36. The lowest BCUT2D eigenvalue weighted by Crippen LogP contribution is -2.47. The number of anilines is 1. The van der Waals surface area contributed by atoms with Crippen LogP contribution in [0.4, 0.5) is 5.69 Å². The summed E-state index contributed by atoms with van der Waals surface area (Å²) in [6, 6.07) is 5.89. The van der Waals surface area contributed by atoms with E-state index in [0.717, 1.165) is 86.7 Å². The molecule has 2 heterocycles. The average molecular weight is 389 g/mol. The van der Waals surface area contributed by atoms with Crippen molar-refractivity contribution in [2.24, 2.45) is 0 Å². The molecule has 1 aliphatic rings. The van der Waals surface area contributed by atoms with Crippen LogP contribution in [0.2, 0.25) is 0 Å². The predicted molar refractivity (Wildman–Crippen MR) is 113 cm³/mol. The lowest BCUT2D eigenvalue weighted by molar-refractivity contribution is 0.112. The fourth-order valence-corrected chi connectivity index (χ4v) is 3.76. The zero-order valence-electron chi connectivity index (χ0n) is 17.0. The molecule has 1 aliphatic heterocycles. The lowest BCUT2D eigenvalue weighted by atomic mass is 10.1. The topological polar surface area (TPSA) is 70.1 Å². The quantitative estimate of drug-likeness (QED) is 0.604. The summed E-state index contributed by atoms with van der Waals surface area (Å²) in [4.78, 5) is 9.31. The van der Waals surface area contributed by atoms with E-state index in [4.69, 9.17) is 14.6 Å². The van der Waals surface area contributed by atoms with Crippen LogP contribution in [0.1, 0.15) is 12.8 Å². The first-order chi connectivity index (χ1) is 13.8. The maximum Gasteiger partial charge on any atom is 0.168 e. The number of nitrogens with one attached hydrogen (secondary N) is 1. The molecule has 0 saturated carbocycles. The largest absolute Gasteiger partial charge is 0.496 e. The molecule has 0 spiro atoms. The van der Waals surface area contributed by atoms with Gasteiger partial charge >= 0.3 is 0 Å². The Bertz CT molecular complexity index is 748. The van der Waals surface area contributed by atoms with Crippen LogP contribution >= 0.6 is 0 Å². The molecule has 2 aromatic rings. The number of piperazine rings is 1. The standard InChI is InChI=1S/C21H32N4O3/c1-27-19-16-18(21(28-2)20-17(19)6-5-8-23-20)22-7-3-4-9-24-10-12-25(13-11-24)14-15-26/h5-6,8,16,22,26H,3-4,7,9-15H2,1-2H3. The lowest BCUT2D eigenvalue weighted by Gasteiger charge is -2.34. The van der Waals surface area contributed by atoms with Crippen molar-refractivity contribution in [3.63, 3.8) is 0 Å². The van der Waals surface area contributed by atoms with Gasteiger partial charge < -0.3 is 24.8 Å². The molecule has 3 rings (SSSR count). The number of aromatic nitrogens is 1. The summed E-state index contributed by atoms with van der Waals surface area (Å²) < 4.78 is 11.2. The Kier molecular flexibility index (Phi) is 7.71. The first kappa shape index (κ1) is 20.6. The zero-order valence-corrected chi connectivity index (χ0v) is 17.0. The Morgan fingerprint density at radius 3 is 2.50 bits per heavy atom. The van der Waals surface area contributed by atoms with Gasteiger partial charge in [-0.05, 0) is 31.5 Å².